The molecule has 1 aliphatic heterocycles. The van der Waals surface area contributed by atoms with Crippen molar-refractivity contribution in [1.29, 1.82) is 0 Å². The van der Waals surface area contributed by atoms with Gasteiger partial charge in [0.2, 0.25) is 10.0 Å². The Morgan fingerprint density at radius 3 is 2.66 bits per heavy atom. The van der Waals surface area contributed by atoms with E-state index in [0.717, 1.165) is 5.56 Å². The van der Waals surface area contributed by atoms with Gasteiger partial charge in [0.15, 0.2) is 6.61 Å². The number of rotatable bonds is 6. The number of benzene rings is 2. The topological polar surface area (TPSA) is 84.9 Å². The van der Waals surface area contributed by atoms with E-state index < -0.39 is 15.9 Å². The number of carbonyl (C=O) groups is 1. The van der Waals surface area contributed by atoms with Crippen LogP contribution in [0, 0.1) is 6.92 Å². The van der Waals surface area contributed by atoms with Crippen LogP contribution < -0.4 is 10.1 Å². The third-order valence-electron chi connectivity index (χ3n) is 4.39. The van der Waals surface area contributed by atoms with Gasteiger partial charge in [0.05, 0.1) is 13.2 Å². The minimum atomic E-state index is -3.84. The minimum absolute atomic E-state index is 0.0545. The summed E-state index contributed by atoms with van der Waals surface area (Å²) in [6, 6.07) is 9.43. The minimum Gasteiger partial charge on any atom is -0.482 e. The molecule has 156 valence electrons. The molecule has 1 aliphatic rings. The SMILES string of the molecule is Cc1c(Cl)cccc1NC(=O)COc1ccc(Cl)cc1S(=O)(=O)N1CCOCC1. The number of amides is 1. The average Bonchev–Trinajstić information content (AvgIpc) is 2.71. The molecule has 0 aromatic heterocycles. The Morgan fingerprint density at radius 2 is 1.93 bits per heavy atom. The number of morpholine rings is 1. The number of halogens is 2. The molecule has 0 atom stereocenters. The van der Waals surface area contributed by atoms with Crippen LogP contribution in [0.2, 0.25) is 10.0 Å². The van der Waals surface area contributed by atoms with Crippen molar-refractivity contribution in [2.24, 2.45) is 0 Å². The van der Waals surface area contributed by atoms with E-state index in [1.807, 2.05) is 0 Å². The lowest BCUT2D eigenvalue weighted by Crippen LogP contribution is -2.40. The first kappa shape index (κ1) is 21.9. The van der Waals surface area contributed by atoms with Crippen LogP contribution in [0.5, 0.6) is 5.75 Å². The van der Waals surface area contributed by atoms with Crippen molar-refractivity contribution in [3.8, 4) is 5.75 Å². The highest BCUT2D eigenvalue weighted by atomic mass is 35.5. The first-order valence-electron chi connectivity index (χ1n) is 8.84. The van der Waals surface area contributed by atoms with E-state index in [9.17, 15) is 13.2 Å². The number of ether oxygens (including phenoxy) is 2. The van der Waals surface area contributed by atoms with Crippen molar-refractivity contribution in [1.82, 2.24) is 4.31 Å². The smallest absolute Gasteiger partial charge is 0.262 e. The van der Waals surface area contributed by atoms with Crippen molar-refractivity contribution in [2.75, 3.05) is 38.2 Å². The van der Waals surface area contributed by atoms with Gasteiger partial charge in [0.1, 0.15) is 10.6 Å². The summed E-state index contributed by atoms with van der Waals surface area (Å²) < 4.78 is 38.0. The summed E-state index contributed by atoms with van der Waals surface area (Å²) in [5, 5.41) is 3.48. The third kappa shape index (κ3) is 5.21. The van der Waals surface area contributed by atoms with Gasteiger partial charge in [-0.1, -0.05) is 29.3 Å². The lowest BCUT2D eigenvalue weighted by atomic mass is 10.2. The predicted octanol–water partition coefficient (Wildman–Crippen LogP) is 3.34. The van der Waals surface area contributed by atoms with Crippen LogP contribution in [0.3, 0.4) is 0 Å². The normalized spacial score (nSPS) is 15.1. The van der Waals surface area contributed by atoms with Crippen LogP contribution in [-0.2, 0) is 19.6 Å². The molecule has 0 aliphatic carbocycles. The molecule has 1 amide bonds. The van der Waals surface area contributed by atoms with E-state index in [2.05, 4.69) is 5.32 Å². The molecule has 0 saturated carbocycles. The summed E-state index contributed by atoms with van der Waals surface area (Å²) >= 11 is 12.1. The molecule has 1 N–H and O–H groups in total. The summed E-state index contributed by atoms with van der Waals surface area (Å²) in [6.45, 7) is 2.52. The van der Waals surface area contributed by atoms with Gasteiger partial charge in [-0.3, -0.25) is 4.79 Å². The Bertz CT molecular complexity index is 1010. The number of anilines is 1. The van der Waals surface area contributed by atoms with E-state index in [4.69, 9.17) is 32.7 Å². The van der Waals surface area contributed by atoms with E-state index in [1.165, 1.54) is 22.5 Å². The molecular weight excluding hydrogens is 439 g/mol. The number of nitrogens with zero attached hydrogens (tertiary/aromatic N) is 1. The molecule has 1 fully saturated rings. The largest absolute Gasteiger partial charge is 0.482 e. The van der Waals surface area contributed by atoms with Gasteiger partial charge in [0, 0.05) is 28.8 Å². The van der Waals surface area contributed by atoms with Crippen LogP contribution in [0.15, 0.2) is 41.3 Å². The molecule has 1 heterocycles. The zero-order valence-electron chi connectivity index (χ0n) is 15.7. The number of sulfonamides is 1. The van der Waals surface area contributed by atoms with Gasteiger partial charge in [-0.25, -0.2) is 8.42 Å². The van der Waals surface area contributed by atoms with Crippen molar-refractivity contribution in [3.63, 3.8) is 0 Å². The van der Waals surface area contributed by atoms with Crippen molar-refractivity contribution < 1.29 is 22.7 Å². The number of nitrogens with one attached hydrogen (secondary N) is 1. The Morgan fingerprint density at radius 1 is 1.21 bits per heavy atom. The first-order chi connectivity index (χ1) is 13.8. The number of hydrogen-bond donors (Lipinski definition) is 1. The molecule has 29 heavy (non-hydrogen) atoms. The molecule has 1 saturated heterocycles. The summed E-state index contributed by atoms with van der Waals surface area (Å²) in [7, 11) is -3.84. The van der Waals surface area contributed by atoms with Crippen LogP contribution in [0.1, 0.15) is 5.56 Å². The van der Waals surface area contributed by atoms with Crippen LogP contribution in [0.25, 0.3) is 0 Å². The molecule has 2 aromatic carbocycles. The summed E-state index contributed by atoms with van der Waals surface area (Å²) in [5.41, 5.74) is 1.29. The second-order valence-corrected chi connectivity index (χ2v) is 9.11. The van der Waals surface area contributed by atoms with Gasteiger partial charge in [0.25, 0.3) is 5.91 Å². The molecule has 2 aromatic rings. The maximum atomic E-state index is 13.0. The Kier molecular flexibility index (Phi) is 7.02. The molecule has 7 nitrogen and oxygen atoms in total. The first-order valence-corrected chi connectivity index (χ1v) is 11.0. The summed E-state index contributed by atoms with van der Waals surface area (Å²) in [4.78, 5) is 12.2. The quantitative estimate of drug-likeness (QED) is 0.717. The van der Waals surface area contributed by atoms with E-state index in [-0.39, 0.29) is 35.4 Å². The fraction of sp³-hybridized carbons (Fsp3) is 0.316. The number of hydrogen-bond acceptors (Lipinski definition) is 5. The van der Waals surface area contributed by atoms with Crippen molar-refractivity contribution in [3.05, 3.63) is 52.0 Å². The van der Waals surface area contributed by atoms with Gasteiger partial charge >= 0.3 is 0 Å². The molecule has 10 heteroatoms. The standard InChI is InChI=1S/C19H20Cl2N2O5S/c1-13-15(21)3-2-4-16(13)22-19(24)12-28-17-6-5-14(20)11-18(17)29(25,26)23-7-9-27-10-8-23/h2-6,11H,7-10,12H2,1H3,(H,22,24). The van der Waals surface area contributed by atoms with E-state index in [1.54, 1.807) is 25.1 Å². The van der Waals surface area contributed by atoms with Crippen molar-refractivity contribution >= 4 is 44.8 Å². The van der Waals surface area contributed by atoms with Gasteiger partial charge in [-0.05, 0) is 42.8 Å². The maximum Gasteiger partial charge on any atom is 0.262 e. The Hall–Kier alpha value is -1.84. The Labute approximate surface area is 179 Å². The van der Waals surface area contributed by atoms with E-state index in [0.29, 0.717) is 23.9 Å². The van der Waals surface area contributed by atoms with Crippen LogP contribution in [-0.4, -0.2) is 51.5 Å². The molecule has 3 rings (SSSR count). The van der Waals surface area contributed by atoms with Gasteiger partial charge in [-0.15, -0.1) is 0 Å². The Balaban J connectivity index is 1.76. The number of carbonyl (C=O) groups excluding carboxylic acids is 1. The molecular formula is C19H20Cl2N2O5S. The second kappa shape index (κ2) is 9.32. The monoisotopic (exact) mass is 458 g/mol. The van der Waals surface area contributed by atoms with Crippen molar-refractivity contribution in [2.45, 2.75) is 11.8 Å². The zero-order chi connectivity index (χ0) is 21.0. The lowest BCUT2D eigenvalue weighted by Gasteiger charge is -2.26. The molecule has 0 bridgehead atoms. The average molecular weight is 459 g/mol. The third-order valence-corrected chi connectivity index (χ3v) is 6.96. The fourth-order valence-corrected chi connectivity index (χ4v) is 4.78. The van der Waals surface area contributed by atoms with Gasteiger partial charge in [-0.2, -0.15) is 4.31 Å². The lowest BCUT2D eigenvalue weighted by molar-refractivity contribution is -0.118. The van der Waals surface area contributed by atoms with E-state index >= 15 is 0 Å². The predicted molar refractivity (Wildman–Crippen MR) is 111 cm³/mol. The highest BCUT2D eigenvalue weighted by molar-refractivity contribution is 7.89. The maximum absolute atomic E-state index is 13.0. The molecule has 0 spiro atoms. The molecule has 0 unspecified atom stereocenters. The fourth-order valence-electron chi connectivity index (χ4n) is 2.80. The highest BCUT2D eigenvalue weighted by Crippen LogP contribution is 2.30. The second-order valence-electron chi connectivity index (χ2n) is 6.36. The highest BCUT2D eigenvalue weighted by Gasteiger charge is 2.29. The van der Waals surface area contributed by atoms with Crippen LogP contribution >= 0.6 is 23.2 Å². The summed E-state index contributed by atoms with van der Waals surface area (Å²) in [5.74, 6) is -0.390. The van der Waals surface area contributed by atoms with Crippen LogP contribution in [0.4, 0.5) is 5.69 Å². The zero-order valence-corrected chi connectivity index (χ0v) is 18.0. The summed E-state index contributed by atoms with van der Waals surface area (Å²) in [6.07, 6.45) is 0. The van der Waals surface area contributed by atoms with Gasteiger partial charge < -0.3 is 14.8 Å². The molecule has 0 radical (unpaired) electrons.